The third kappa shape index (κ3) is 2.82. The van der Waals surface area contributed by atoms with Gasteiger partial charge in [0.15, 0.2) is 0 Å². The number of para-hydroxylation sites is 1. The Morgan fingerprint density at radius 2 is 2.00 bits per heavy atom. The van der Waals surface area contributed by atoms with E-state index in [0.29, 0.717) is 11.4 Å². The lowest BCUT2D eigenvalue weighted by Crippen LogP contribution is -2.26. The molecule has 0 spiro atoms. The largest absolute Gasteiger partial charge is 0.417 e. The predicted molar refractivity (Wildman–Crippen MR) is 84.3 cm³/mol. The number of amides is 1. The van der Waals surface area contributed by atoms with Gasteiger partial charge in [-0.2, -0.15) is 13.2 Å². The third-order valence-electron chi connectivity index (χ3n) is 4.52. The van der Waals surface area contributed by atoms with Gasteiger partial charge in [0.05, 0.1) is 28.6 Å². The van der Waals surface area contributed by atoms with Gasteiger partial charge in [-0.25, -0.2) is 5.48 Å². The van der Waals surface area contributed by atoms with Gasteiger partial charge in [-0.15, -0.1) is 0 Å². The fourth-order valence-corrected chi connectivity index (χ4v) is 3.16. The molecule has 5 nitrogen and oxygen atoms in total. The van der Waals surface area contributed by atoms with Crippen LogP contribution in [0.25, 0.3) is 0 Å². The van der Waals surface area contributed by atoms with Gasteiger partial charge in [0.2, 0.25) is 0 Å². The number of hydroxylamine groups is 1. The number of carbonyl (C=O) groups excluding carboxylic acids is 1. The van der Waals surface area contributed by atoms with E-state index in [1.165, 1.54) is 6.07 Å². The van der Waals surface area contributed by atoms with E-state index in [4.69, 9.17) is 5.21 Å². The first kappa shape index (κ1) is 17.2. The van der Waals surface area contributed by atoms with Crippen molar-refractivity contribution in [3.63, 3.8) is 0 Å². The van der Waals surface area contributed by atoms with Crippen LogP contribution in [0.4, 0.5) is 18.9 Å². The van der Waals surface area contributed by atoms with Crippen LogP contribution in [0.15, 0.2) is 36.5 Å². The van der Waals surface area contributed by atoms with Crippen LogP contribution in [0.1, 0.15) is 47.1 Å². The molecule has 0 fully saturated rings. The van der Waals surface area contributed by atoms with Gasteiger partial charge in [-0.1, -0.05) is 26.0 Å². The molecule has 1 aromatic carbocycles. The van der Waals surface area contributed by atoms with Gasteiger partial charge >= 0.3 is 6.18 Å². The first-order chi connectivity index (χ1) is 11.7. The summed E-state index contributed by atoms with van der Waals surface area (Å²) in [5.74, 6) is -0.666. The highest BCUT2D eigenvalue weighted by Gasteiger charge is 2.43. The molecule has 25 heavy (non-hydrogen) atoms. The molecule has 3 N–H and O–H groups in total. The van der Waals surface area contributed by atoms with Crippen LogP contribution in [0.3, 0.4) is 0 Å². The number of hydrogen-bond acceptors (Lipinski definition) is 4. The summed E-state index contributed by atoms with van der Waals surface area (Å²) in [5.41, 5.74) is 2.30. The summed E-state index contributed by atoms with van der Waals surface area (Å²) < 4.78 is 38.2. The fraction of sp³-hybridized carbons (Fsp3) is 0.294. The Morgan fingerprint density at radius 1 is 1.28 bits per heavy atom. The summed E-state index contributed by atoms with van der Waals surface area (Å²) in [6.07, 6.45) is -3.64. The number of rotatable bonds is 2. The molecule has 0 aliphatic carbocycles. The van der Waals surface area contributed by atoms with E-state index in [0.717, 1.165) is 17.8 Å². The SMILES string of the molecule is CC1(C)c2cccc(C(=O)NO)c2N[C@H]1c1ccc(C(F)(F)F)cn1. The smallest absolute Gasteiger partial charge is 0.375 e. The number of nitrogens with one attached hydrogen (secondary N) is 2. The lowest BCUT2D eigenvalue weighted by Gasteiger charge is -2.27. The molecule has 0 radical (unpaired) electrons. The van der Waals surface area contributed by atoms with Crippen LogP contribution in [0.2, 0.25) is 0 Å². The van der Waals surface area contributed by atoms with E-state index in [9.17, 15) is 18.0 Å². The highest BCUT2D eigenvalue weighted by molar-refractivity contribution is 6.00. The summed E-state index contributed by atoms with van der Waals surface area (Å²) in [7, 11) is 0. The zero-order valence-corrected chi connectivity index (χ0v) is 13.5. The highest BCUT2D eigenvalue weighted by Crippen LogP contribution is 2.49. The number of alkyl halides is 3. The van der Waals surface area contributed by atoms with Crippen molar-refractivity contribution in [1.82, 2.24) is 10.5 Å². The lowest BCUT2D eigenvalue weighted by molar-refractivity contribution is -0.137. The second-order valence-electron chi connectivity index (χ2n) is 6.44. The quantitative estimate of drug-likeness (QED) is 0.570. The molecule has 1 aliphatic heterocycles. The van der Waals surface area contributed by atoms with Gasteiger partial charge in [-0.3, -0.25) is 15.0 Å². The molecule has 8 heteroatoms. The van der Waals surface area contributed by atoms with Gasteiger partial charge in [0.1, 0.15) is 0 Å². The summed E-state index contributed by atoms with van der Waals surface area (Å²) in [5, 5.41) is 12.1. The average Bonchev–Trinajstić information content (AvgIpc) is 2.85. The number of anilines is 1. The number of fused-ring (bicyclic) bond motifs is 1. The van der Waals surface area contributed by atoms with Crippen molar-refractivity contribution < 1.29 is 23.2 Å². The van der Waals surface area contributed by atoms with Crippen LogP contribution in [-0.4, -0.2) is 16.1 Å². The number of benzene rings is 1. The summed E-state index contributed by atoms with van der Waals surface area (Å²) in [6.45, 7) is 3.83. The molecule has 0 unspecified atom stereocenters. The van der Waals surface area contributed by atoms with E-state index in [-0.39, 0.29) is 5.56 Å². The van der Waals surface area contributed by atoms with Crippen LogP contribution < -0.4 is 10.8 Å². The first-order valence-corrected chi connectivity index (χ1v) is 7.54. The van der Waals surface area contributed by atoms with Crippen molar-refractivity contribution in [2.75, 3.05) is 5.32 Å². The Labute approximate surface area is 141 Å². The van der Waals surface area contributed by atoms with Crippen molar-refractivity contribution in [2.45, 2.75) is 31.5 Å². The molecule has 1 aliphatic rings. The molecular weight excluding hydrogens is 335 g/mol. The number of aromatic nitrogens is 1. The standard InChI is InChI=1S/C17H16F3N3O2/c1-16(2)11-5-3-4-10(15(24)23-25)13(11)22-14(16)12-7-6-9(8-21-12)17(18,19)20/h3-8,14,22,25H,1-2H3,(H,23,24)/t14-/m0/s1. The monoisotopic (exact) mass is 351 g/mol. The summed E-state index contributed by atoms with van der Waals surface area (Å²) in [6, 6.07) is 6.98. The normalized spacial score (nSPS) is 18.4. The molecule has 0 bridgehead atoms. The van der Waals surface area contributed by atoms with Crippen LogP contribution >= 0.6 is 0 Å². The van der Waals surface area contributed by atoms with E-state index in [2.05, 4.69) is 10.3 Å². The van der Waals surface area contributed by atoms with Crippen LogP contribution in [-0.2, 0) is 11.6 Å². The topological polar surface area (TPSA) is 74.2 Å². The fourth-order valence-electron chi connectivity index (χ4n) is 3.16. The average molecular weight is 351 g/mol. The van der Waals surface area contributed by atoms with Gasteiger partial charge in [-0.05, 0) is 23.8 Å². The minimum Gasteiger partial charge on any atom is -0.375 e. The molecule has 132 valence electrons. The number of hydrogen-bond donors (Lipinski definition) is 3. The molecule has 2 heterocycles. The maximum Gasteiger partial charge on any atom is 0.417 e. The maximum atomic E-state index is 12.7. The van der Waals surface area contributed by atoms with Gasteiger partial charge in [0, 0.05) is 11.6 Å². The predicted octanol–water partition coefficient (Wildman–Crippen LogP) is 3.66. The number of carbonyl (C=O) groups is 1. The minimum absolute atomic E-state index is 0.252. The van der Waals surface area contributed by atoms with E-state index in [1.807, 2.05) is 19.9 Å². The first-order valence-electron chi connectivity index (χ1n) is 7.54. The molecule has 1 aromatic heterocycles. The minimum atomic E-state index is -4.44. The zero-order valence-electron chi connectivity index (χ0n) is 13.5. The van der Waals surface area contributed by atoms with E-state index < -0.39 is 29.1 Å². The molecule has 1 atom stereocenters. The van der Waals surface area contributed by atoms with Gasteiger partial charge in [0.25, 0.3) is 5.91 Å². The Morgan fingerprint density at radius 3 is 2.56 bits per heavy atom. The number of nitrogens with zero attached hydrogens (tertiary/aromatic N) is 1. The highest BCUT2D eigenvalue weighted by atomic mass is 19.4. The maximum absolute atomic E-state index is 12.7. The van der Waals surface area contributed by atoms with E-state index >= 15 is 0 Å². The Bertz CT molecular complexity index is 817. The van der Waals surface area contributed by atoms with Crippen molar-refractivity contribution in [1.29, 1.82) is 0 Å². The Kier molecular flexibility index (Phi) is 3.95. The molecule has 0 saturated heterocycles. The number of pyridine rings is 1. The van der Waals surface area contributed by atoms with E-state index in [1.54, 1.807) is 17.6 Å². The molecule has 1 amide bonds. The summed E-state index contributed by atoms with van der Waals surface area (Å²) >= 11 is 0. The van der Waals surface area contributed by atoms with Crippen molar-refractivity contribution in [3.05, 3.63) is 58.9 Å². The number of halogens is 3. The summed E-state index contributed by atoms with van der Waals surface area (Å²) in [4.78, 5) is 15.8. The van der Waals surface area contributed by atoms with Crippen molar-refractivity contribution >= 4 is 11.6 Å². The van der Waals surface area contributed by atoms with Crippen molar-refractivity contribution in [2.24, 2.45) is 0 Å². The molecule has 0 saturated carbocycles. The Balaban J connectivity index is 2.01. The second kappa shape index (κ2) is 5.73. The third-order valence-corrected chi connectivity index (χ3v) is 4.52. The van der Waals surface area contributed by atoms with Crippen LogP contribution in [0, 0.1) is 0 Å². The second-order valence-corrected chi connectivity index (χ2v) is 6.44. The lowest BCUT2D eigenvalue weighted by atomic mass is 9.79. The van der Waals surface area contributed by atoms with Crippen molar-refractivity contribution in [3.8, 4) is 0 Å². The zero-order chi connectivity index (χ0) is 18.4. The van der Waals surface area contributed by atoms with Crippen LogP contribution in [0.5, 0.6) is 0 Å². The molecule has 2 aromatic rings. The molecule has 3 rings (SSSR count). The Hall–Kier alpha value is -2.61. The van der Waals surface area contributed by atoms with Gasteiger partial charge < -0.3 is 5.32 Å². The molecular formula is C17H16F3N3O2.